The normalized spacial score (nSPS) is 12.6. The predicted molar refractivity (Wildman–Crippen MR) is 31.8 cm³/mol. The minimum Gasteiger partial charge on any atom is -0.303 e. The molecule has 0 aliphatic heterocycles. The first-order valence-electron chi connectivity index (χ1n) is 2.75. The van der Waals surface area contributed by atoms with E-state index in [9.17, 15) is 14.9 Å². The number of hydrogen-bond acceptors (Lipinski definition) is 3. The highest BCUT2D eigenvalue weighted by atomic mass is 16.6. The second kappa shape index (κ2) is 4.00. The first-order valence-corrected chi connectivity index (χ1v) is 2.75. The maximum Gasteiger partial charge on any atom is 0.210 e. The standard InChI is InChI=1S/C5H9NO3/c1-5(6(8)9)3-2-4-7/h4-5H,2-3H2,1H3. The van der Waals surface area contributed by atoms with Crippen LogP contribution in [0.1, 0.15) is 19.8 Å². The summed E-state index contributed by atoms with van der Waals surface area (Å²) >= 11 is 0. The van der Waals surface area contributed by atoms with E-state index in [4.69, 9.17) is 0 Å². The van der Waals surface area contributed by atoms with Crippen molar-refractivity contribution >= 4 is 6.29 Å². The van der Waals surface area contributed by atoms with Gasteiger partial charge in [-0.2, -0.15) is 0 Å². The van der Waals surface area contributed by atoms with E-state index in [0.717, 1.165) is 0 Å². The lowest BCUT2D eigenvalue weighted by molar-refractivity contribution is -0.518. The summed E-state index contributed by atoms with van der Waals surface area (Å²) in [6.07, 6.45) is 1.32. The van der Waals surface area contributed by atoms with Crippen LogP contribution in [0.3, 0.4) is 0 Å². The molecule has 4 heteroatoms. The van der Waals surface area contributed by atoms with Crippen molar-refractivity contribution < 1.29 is 9.72 Å². The Bertz CT molecular complexity index is 113. The SMILES string of the molecule is CC(CCC=O)[N+](=O)[O-]. The van der Waals surface area contributed by atoms with Gasteiger partial charge in [-0.1, -0.05) is 0 Å². The monoisotopic (exact) mass is 131 g/mol. The molecule has 0 rings (SSSR count). The fourth-order valence-corrected chi connectivity index (χ4v) is 0.415. The third kappa shape index (κ3) is 3.64. The van der Waals surface area contributed by atoms with Gasteiger partial charge in [0.1, 0.15) is 6.29 Å². The Balaban J connectivity index is 3.37. The Morgan fingerprint density at radius 3 is 2.67 bits per heavy atom. The molecule has 0 bridgehead atoms. The van der Waals surface area contributed by atoms with Crippen molar-refractivity contribution in [3.8, 4) is 0 Å². The smallest absolute Gasteiger partial charge is 0.210 e. The summed E-state index contributed by atoms with van der Waals surface area (Å²) in [4.78, 5) is 19.2. The zero-order valence-electron chi connectivity index (χ0n) is 5.24. The highest BCUT2D eigenvalue weighted by Gasteiger charge is 2.10. The van der Waals surface area contributed by atoms with Crippen LogP contribution in [-0.2, 0) is 4.79 Å². The zero-order valence-corrected chi connectivity index (χ0v) is 5.24. The lowest BCUT2D eigenvalue weighted by Gasteiger charge is -1.97. The highest BCUT2D eigenvalue weighted by Crippen LogP contribution is 1.96. The minimum absolute atomic E-state index is 0.280. The van der Waals surface area contributed by atoms with Crippen molar-refractivity contribution in [1.82, 2.24) is 0 Å². The fraction of sp³-hybridized carbons (Fsp3) is 0.800. The van der Waals surface area contributed by atoms with Crippen molar-refractivity contribution in [3.63, 3.8) is 0 Å². The largest absolute Gasteiger partial charge is 0.303 e. The molecule has 0 saturated carbocycles. The van der Waals surface area contributed by atoms with Crippen LogP contribution < -0.4 is 0 Å². The van der Waals surface area contributed by atoms with Gasteiger partial charge in [-0.05, 0) is 0 Å². The number of aldehydes is 1. The van der Waals surface area contributed by atoms with Gasteiger partial charge in [-0.25, -0.2) is 0 Å². The molecule has 52 valence electrons. The first-order chi connectivity index (χ1) is 4.18. The Labute approximate surface area is 53.0 Å². The van der Waals surface area contributed by atoms with Crippen molar-refractivity contribution in [2.24, 2.45) is 0 Å². The zero-order chi connectivity index (χ0) is 7.28. The van der Waals surface area contributed by atoms with Gasteiger partial charge in [-0.15, -0.1) is 0 Å². The molecule has 0 N–H and O–H groups in total. The Morgan fingerprint density at radius 1 is 1.78 bits per heavy atom. The molecule has 0 aromatic rings. The van der Waals surface area contributed by atoms with Gasteiger partial charge < -0.3 is 4.79 Å². The van der Waals surface area contributed by atoms with Crippen molar-refractivity contribution in [2.45, 2.75) is 25.8 Å². The van der Waals surface area contributed by atoms with E-state index in [1.54, 1.807) is 0 Å². The second-order valence-electron chi connectivity index (χ2n) is 1.88. The maximum atomic E-state index is 9.89. The number of carbonyl (C=O) groups is 1. The van der Waals surface area contributed by atoms with E-state index < -0.39 is 6.04 Å². The molecule has 0 saturated heterocycles. The molecule has 0 heterocycles. The molecule has 0 spiro atoms. The van der Waals surface area contributed by atoms with Gasteiger partial charge in [0, 0.05) is 24.7 Å². The van der Waals surface area contributed by atoms with Crippen LogP contribution in [0, 0.1) is 10.1 Å². The molecular weight excluding hydrogens is 122 g/mol. The number of carbonyl (C=O) groups excluding carboxylic acids is 1. The van der Waals surface area contributed by atoms with E-state index in [2.05, 4.69) is 0 Å². The van der Waals surface area contributed by atoms with Crippen LogP contribution >= 0.6 is 0 Å². The molecule has 9 heavy (non-hydrogen) atoms. The quantitative estimate of drug-likeness (QED) is 0.319. The Kier molecular flexibility index (Phi) is 3.59. The molecule has 0 aromatic heterocycles. The van der Waals surface area contributed by atoms with Crippen LogP contribution in [0.15, 0.2) is 0 Å². The predicted octanol–water partition coefficient (Wildman–Crippen LogP) is 0.631. The van der Waals surface area contributed by atoms with Crippen LogP contribution in [0.4, 0.5) is 0 Å². The second-order valence-corrected chi connectivity index (χ2v) is 1.88. The maximum absolute atomic E-state index is 9.89. The summed E-state index contributed by atoms with van der Waals surface area (Å²) < 4.78 is 0. The van der Waals surface area contributed by atoms with E-state index in [1.165, 1.54) is 6.92 Å². The van der Waals surface area contributed by atoms with Crippen molar-refractivity contribution in [2.75, 3.05) is 0 Å². The molecule has 0 fully saturated rings. The molecule has 4 nitrogen and oxygen atoms in total. The molecule has 0 aliphatic rings. The Morgan fingerprint density at radius 2 is 2.33 bits per heavy atom. The summed E-state index contributed by atoms with van der Waals surface area (Å²) in [6.45, 7) is 1.49. The van der Waals surface area contributed by atoms with Gasteiger partial charge in [0.25, 0.3) is 0 Å². The van der Waals surface area contributed by atoms with Gasteiger partial charge in [0.05, 0.1) is 0 Å². The topological polar surface area (TPSA) is 60.2 Å². The molecule has 1 unspecified atom stereocenters. The average molecular weight is 131 g/mol. The summed E-state index contributed by atoms with van der Waals surface area (Å²) in [5.74, 6) is 0. The lowest BCUT2D eigenvalue weighted by Crippen LogP contribution is -2.14. The Hall–Kier alpha value is -0.930. The summed E-state index contributed by atoms with van der Waals surface area (Å²) in [5, 5.41) is 9.89. The van der Waals surface area contributed by atoms with Crippen molar-refractivity contribution in [1.29, 1.82) is 0 Å². The van der Waals surface area contributed by atoms with Crippen LogP contribution in [0.25, 0.3) is 0 Å². The highest BCUT2D eigenvalue weighted by molar-refractivity contribution is 5.49. The van der Waals surface area contributed by atoms with Gasteiger partial charge >= 0.3 is 0 Å². The summed E-state index contributed by atoms with van der Waals surface area (Å²) in [5.41, 5.74) is 0. The van der Waals surface area contributed by atoms with Gasteiger partial charge in [0.2, 0.25) is 6.04 Å². The van der Waals surface area contributed by atoms with E-state index in [-0.39, 0.29) is 11.3 Å². The molecule has 0 amide bonds. The first kappa shape index (κ1) is 8.07. The lowest BCUT2D eigenvalue weighted by atomic mass is 10.2. The van der Waals surface area contributed by atoms with Gasteiger partial charge in [0.15, 0.2) is 0 Å². The fourth-order valence-electron chi connectivity index (χ4n) is 0.415. The molecule has 0 aliphatic carbocycles. The molecule has 0 aromatic carbocycles. The number of nitrogens with zero attached hydrogens (tertiary/aromatic N) is 1. The summed E-state index contributed by atoms with van der Waals surface area (Å²) in [6, 6.07) is -0.588. The number of rotatable bonds is 4. The molecular formula is C5H9NO3. The number of hydrogen-bond donors (Lipinski definition) is 0. The van der Waals surface area contributed by atoms with Crippen LogP contribution in [0.2, 0.25) is 0 Å². The van der Waals surface area contributed by atoms with E-state index >= 15 is 0 Å². The van der Waals surface area contributed by atoms with Crippen LogP contribution in [0.5, 0.6) is 0 Å². The molecule has 0 radical (unpaired) electrons. The molecule has 1 atom stereocenters. The third-order valence-electron chi connectivity index (χ3n) is 1.06. The number of nitro groups is 1. The average Bonchev–Trinajstić information content (AvgIpc) is 1.82. The van der Waals surface area contributed by atoms with E-state index in [1.807, 2.05) is 0 Å². The third-order valence-corrected chi connectivity index (χ3v) is 1.06. The van der Waals surface area contributed by atoms with Crippen LogP contribution in [-0.4, -0.2) is 17.3 Å². The summed E-state index contributed by atoms with van der Waals surface area (Å²) in [7, 11) is 0. The van der Waals surface area contributed by atoms with Crippen molar-refractivity contribution in [3.05, 3.63) is 10.1 Å². The van der Waals surface area contributed by atoms with Gasteiger partial charge in [-0.3, -0.25) is 10.1 Å². The minimum atomic E-state index is -0.588. The van der Waals surface area contributed by atoms with E-state index in [0.29, 0.717) is 12.7 Å².